The lowest BCUT2D eigenvalue weighted by atomic mass is 10.0. The van der Waals surface area contributed by atoms with Gasteiger partial charge in [-0.3, -0.25) is 4.57 Å². The summed E-state index contributed by atoms with van der Waals surface area (Å²) in [5.41, 5.74) is 10.1. The van der Waals surface area contributed by atoms with Gasteiger partial charge in [-0.05, 0) is 46.5 Å². The van der Waals surface area contributed by atoms with Crippen LogP contribution in [0.4, 0.5) is 0 Å². The fraction of sp³-hybridized carbons (Fsp3) is 0. The zero-order chi connectivity index (χ0) is 34.4. The molecule has 5 heteroatoms. The van der Waals surface area contributed by atoms with Crippen molar-refractivity contribution >= 4 is 104 Å². The van der Waals surface area contributed by atoms with Gasteiger partial charge >= 0.3 is 0 Å². The second-order valence-corrected chi connectivity index (χ2v) is 14.1. The number of nitrogens with zero attached hydrogens (tertiary/aromatic N) is 4. The number of rotatable bonds is 2. The van der Waals surface area contributed by atoms with Crippen LogP contribution in [0.25, 0.3) is 121 Å². The molecule has 0 fully saturated rings. The van der Waals surface area contributed by atoms with E-state index in [-0.39, 0.29) is 0 Å². The third-order valence-corrected chi connectivity index (χ3v) is 11.4. The Balaban J connectivity index is 1.32. The van der Waals surface area contributed by atoms with Crippen LogP contribution in [0, 0.1) is 0 Å². The lowest BCUT2D eigenvalue weighted by Crippen LogP contribution is -2.04. The van der Waals surface area contributed by atoms with E-state index in [1.54, 1.807) is 0 Å². The highest BCUT2D eigenvalue weighted by Crippen LogP contribution is 2.48. The van der Waals surface area contributed by atoms with Gasteiger partial charge in [0.05, 0.1) is 38.8 Å². The van der Waals surface area contributed by atoms with E-state index in [0.29, 0.717) is 5.95 Å². The molecule has 0 aliphatic carbocycles. The number of benzene rings is 8. The molecule has 53 heavy (non-hydrogen) atoms. The first kappa shape index (κ1) is 27.5. The number of aromatic nitrogens is 4. The van der Waals surface area contributed by atoms with Crippen LogP contribution in [0.3, 0.4) is 0 Å². The monoisotopic (exact) mass is 674 g/mol. The highest BCUT2D eigenvalue weighted by molar-refractivity contribution is 6.35. The Labute approximate surface area is 300 Å². The van der Waals surface area contributed by atoms with Crippen molar-refractivity contribution in [2.45, 2.75) is 0 Å². The zero-order valence-corrected chi connectivity index (χ0v) is 28.2. The van der Waals surface area contributed by atoms with Gasteiger partial charge in [0.25, 0.3) is 0 Å². The van der Waals surface area contributed by atoms with Crippen molar-refractivity contribution in [1.82, 2.24) is 18.9 Å². The summed E-state index contributed by atoms with van der Waals surface area (Å²) in [5.74, 6) is 0.637. The minimum absolute atomic E-state index is 0.637. The van der Waals surface area contributed by atoms with Crippen LogP contribution in [0.15, 0.2) is 162 Å². The topological polar surface area (TPSA) is 48.3 Å². The van der Waals surface area contributed by atoms with Gasteiger partial charge in [0.15, 0.2) is 5.58 Å². The smallest absolute Gasteiger partial charge is 0.235 e. The Morgan fingerprint density at radius 1 is 0.434 bits per heavy atom. The van der Waals surface area contributed by atoms with Gasteiger partial charge in [-0.1, -0.05) is 127 Å². The molecular formula is C48H26N4O. The van der Waals surface area contributed by atoms with Gasteiger partial charge < -0.3 is 8.82 Å². The number of hydrogen-bond donors (Lipinski definition) is 0. The Kier molecular flexibility index (Phi) is 5.06. The van der Waals surface area contributed by atoms with Crippen LogP contribution < -0.4 is 0 Å². The van der Waals surface area contributed by atoms with Crippen molar-refractivity contribution in [3.05, 3.63) is 158 Å². The maximum atomic E-state index is 6.91. The minimum atomic E-state index is 0.637. The molecule has 0 amide bonds. The standard InChI is InChI=1S/C48H26N4O/c1-2-13-28(14-3-1)44-41-29-15-5-4-12-27(29)24-25-36(41)49-48(50-44)51-38-22-11-18-32-34-20-10-19-33-30-16-6-8-21-37(30)52(45(33)34)46-43(42(32)38)39(51)26-35-31-17-7-9-23-40(31)53-47(35)46/h1-26H. The summed E-state index contributed by atoms with van der Waals surface area (Å²) in [6, 6.07) is 56.1. The first-order chi connectivity index (χ1) is 26.3. The molecule has 5 nitrogen and oxygen atoms in total. The summed E-state index contributed by atoms with van der Waals surface area (Å²) in [5, 5.41) is 12.6. The van der Waals surface area contributed by atoms with Crippen LogP contribution in [-0.2, 0) is 0 Å². The van der Waals surface area contributed by atoms with Crippen molar-refractivity contribution in [2.24, 2.45) is 0 Å². The molecule has 0 saturated carbocycles. The lowest BCUT2D eigenvalue weighted by molar-refractivity contribution is 0.671. The van der Waals surface area contributed by atoms with Crippen molar-refractivity contribution < 1.29 is 4.42 Å². The van der Waals surface area contributed by atoms with E-state index >= 15 is 0 Å². The molecule has 0 spiro atoms. The summed E-state index contributed by atoms with van der Waals surface area (Å²) in [6.45, 7) is 0. The van der Waals surface area contributed by atoms with Crippen LogP contribution >= 0.6 is 0 Å². The summed E-state index contributed by atoms with van der Waals surface area (Å²) < 4.78 is 11.7. The normalized spacial score (nSPS) is 12.5. The number of para-hydroxylation sites is 3. The number of hydrogen-bond acceptors (Lipinski definition) is 3. The molecule has 13 aromatic rings. The molecular weight excluding hydrogens is 649 g/mol. The predicted molar refractivity (Wildman–Crippen MR) is 219 cm³/mol. The second-order valence-electron chi connectivity index (χ2n) is 14.1. The third-order valence-electron chi connectivity index (χ3n) is 11.4. The van der Waals surface area contributed by atoms with Crippen molar-refractivity contribution in [3.63, 3.8) is 0 Å². The highest BCUT2D eigenvalue weighted by Gasteiger charge is 2.27. The van der Waals surface area contributed by atoms with E-state index in [4.69, 9.17) is 14.4 Å². The summed E-state index contributed by atoms with van der Waals surface area (Å²) in [7, 11) is 0. The maximum absolute atomic E-state index is 6.91. The Bertz CT molecular complexity index is 3680. The fourth-order valence-corrected chi connectivity index (χ4v) is 9.29. The van der Waals surface area contributed by atoms with Crippen LogP contribution in [0.1, 0.15) is 0 Å². The predicted octanol–water partition coefficient (Wildman–Crippen LogP) is 12.6. The lowest BCUT2D eigenvalue weighted by Gasteiger charge is -2.14. The molecule has 5 heterocycles. The molecule has 0 radical (unpaired) electrons. The molecule has 0 saturated heterocycles. The van der Waals surface area contributed by atoms with Crippen LogP contribution in [0.5, 0.6) is 0 Å². The van der Waals surface area contributed by atoms with Gasteiger partial charge in [-0.25, -0.2) is 9.97 Å². The molecule has 5 aromatic heterocycles. The quantitative estimate of drug-likeness (QED) is 0.172. The van der Waals surface area contributed by atoms with E-state index in [1.807, 2.05) is 6.07 Å². The SMILES string of the molecule is c1ccc(-c2nc(-n3c4cccc5c6cccc7c8ccccc8n(c67)c6c7oc8ccccc8c7cc3c6c54)nc3ccc4ccccc4c23)cc1. The van der Waals surface area contributed by atoms with E-state index < -0.39 is 0 Å². The molecule has 0 unspecified atom stereocenters. The molecule has 0 bridgehead atoms. The summed E-state index contributed by atoms with van der Waals surface area (Å²) in [6.07, 6.45) is 0. The highest BCUT2D eigenvalue weighted by atomic mass is 16.3. The Hall–Kier alpha value is -7.24. The largest absolute Gasteiger partial charge is 0.454 e. The molecule has 0 atom stereocenters. The Morgan fingerprint density at radius 2 is 1.13 bits per heavy atom. The van der Waals surface area contributed by atoms with Crippen molar-refractivity contribution in [2.75, 3.05) is 0 Å². The average molecular weight is 675 g/mol. The number of fused-ring (bicyclic) bond motifs is 12. The molecule has 0 aliphatic heterocycles. The second kappa shape index (κ2) is 9.75. The maximum Gasteiger partial charge on any atom is 0.235 e. The number of furan rings is 1. The van der Waals surface area contributed by atoms with E-state index in [1.165, 1.54) is 37.8 Å². The minimum Gasteiger partial charge on any atom is -0.454 e. The zero-order valence-electron chi connectivity index (χ0n) is 28.2. The van der Waals surface area contributed by atoms with E-state index in [0.717, 1.165) is 76.9 Å². The summed E-state index contributed by atoms with van der Waals surface area (Å²) in [4.78, 5) is 11.0. The van der Waals surface area contributed by atoms with Crippen molar-refractivity contribution in [1.29, 1.82) is 0 Å². The first-order valence-electron chi connectivity index (χ1n) is 18.0. The van der Waals surface area contributed by atoms with E-state index in [9.17, 15) is 0 Å². The van der Waals surface area contributed by atoms with Crippen molar-refractivity contribution in [3.8, 4) is 17.2 Å². The molecule has 244 valence electrons. The molecule has 0 N–H and O–H groups in total. The van der Waals surface area contributed by atoms with Gasteiger partial charge in [0, 0.05) is 48.7 Å². The van der Waals surface area contributed by atoms with Gasteiger partial charge in [0.1, 0.15) is 5.58 Å². The van der Waals surface area contributed by atoms with Gasteiger partial charge in [0.2, 0.25) is 5.95 Å². The van der Waals surface area contributed by atoms with Crippen LogP contribution in [-0.4, -0.2) is 18.9 Å². The third kappa shape index (κ3) is 3.42. The molecule has 13 rings (SSSR count). The van der Waals surface area contributed by atoms with E-state index in [2.05, 4.69) is 161 Å². The molecule has 0 aliphatic rings. The Morgan fingerprint density at radius 3 is 2.04 bits per heavy atom. The van der Waals surface area contributed by atoms with Gasteiger partial charge in [-0.2, -0.15) is 0 Å². The first-order valence-corrected chi connectivity index (χ1v) is 18.0. The molecule has 8 aromatic carbocycles. The average Bonchev–Trinajstić information content (AvgIpc) is 3.84. The van der Waals surface area contributed by atoms with Gasteiger partial charge in [-0.15, -0.1) is 0 Å². The van der Waals surface area contributed by atoms with Crippen LogP contribution in [0.2, 0.25) is 0 Å². The summed E-state index contributed by atoms with van der Waals surface area (Å²) >= 11 is 0. The fourth-order valence-electron chi connectivity index (χ4n) is 9.29.